The number of ether oxygens (including phenoxy) is 2. The molecule has 0 N–H and O–H groups in total. The molecule has 1 aliphatic heterocycles. The summed E-state index contributed by atoms with van der Waals surface area (Å²) in [5.41, 5.74) is 3.58. The summed E-state index contributed by atoms with van der Waals surface area (Å²) in [5.74, 6) is 1.36. The molecule has 0 aromatic heterocycles. The summed E-state index contributed by atoms with van der Waals surface area (Å²) in [6, 6.07) is 20.7. The number of halogens is 1. The van der Waals surface area contributed by atoms with E-state index in [2.05, 4.69) is 0 Å². The van der Waals surface area contributed by atoms with Gasteiger partial charge >= 0.3 is 0 Å². The summed E-state index contributed by atoms with van der Waals surface area (Å²) in [5, 5.41) is 0.671. The van der Waals surface area contributed by atoms with Gasteiger partial charge in [-0.2, -0.15) is 0 Å². The van der Waals surface area contributed by atoms with Gasteiger partial charge in [0.05, 0.1) is 5.56 Å². The van der Waals surface area contributed by atoms with Gasteiger partial charge in [-0.05, 0) is 48.4 Å². The van der Waals surface area contributed by atoms with Gasteiger partial charge in [0.15, 0.2) is 5.76 Å². The molecule has 1 aliphatic rings. The average molecular weight is 377 g/mol. The standard InChI is InChI=1S/C23H17ClO3/c1-15-4-2-5-16(10-15)12-22-23(25)20-9-8-19(13-21(20)27-22)26-14-17-6-3-7-18(24)11-17/h2-13H,14H2,1H3. The largest absolute Gasteiger partial charge is 0.489 e. The van der Waals surface area contributed by atoms with Crippen molar-refractivity contribution >= 4 is 23.5 Å². The smallest absolute Gasteiger partial charge is 0.231 e. The minimum atomic E-state index is -0.118. The van der Waals surface area contributed by atoms with Crippen molar-refractivity contribution in [3.63, 3.8) is 0 Å². The normalized spacial score (nSPS) is 14.1. The summed E-state index contributed by atoms with van der Waals surface area (Å²) in [6.45, 7) is 2.40. The fourth-order valence-corrected chi connectivity index (χ4v) is 3.17. The summed E-state index contributed by atoms with van der Waals surface area (Å²) in [7, 11) is 0. The number of allylic oxidation sites excluding steroid dienone is 1. The number of hydrogen-bond donors (Lipinski definition) is 0. The van der Waals surface area contributed by atoms with Gasteiger partial charge in [0.25, 0.3) is 0 Å². The summed E-state index contributed by atoms with van der Waals surface area (Å²) in [4.78, 5) is 12.6. The van der Waals surface area contributed by atoms with Crippen molar-refractivity contribution in [1.29, 1.82) is 0 Å². The Labute approximate surface area is 162 Å². The first-order chi connectivity index (χ1) is 13.1. The Morgan fingerprint density at radius 2 is 1.89 bits per heavy atom. The van der Waals surface area contributed by atoms with E-state index in [0.717, 1.165) is 16.7 Å². The van der Waals surface area contributed by atoms with E-state index in [1.54, 1.807) is 24.3 Å². The third kappa shape index (κ3) is 3.88. The van der Waals surface area contributed by atoms with Crippen LogP contribution in [0.4, 0.5) is 0 Å². The van der Waals surface area contributed by atoms with E-state index in [-0.39, 0.29) is 5.78 Å². The van der Waals surface area contributed by atoms with Crippen LogP contribution < -0.4 is 9.47 Å². The van der Waals surface area contributed by atoms with Gasteiger partial charge in [0.2, 0.25) is 5.78 Å². The maximum atomic E-state index is 12.6. The van der Waals surface area contributed by atoms with Gasteiger partial charge in [0, 0.05) is 11.1 Å². The molecule has 0 saturated carbocycles. The van der Waals surface area contributed by atoms with Gasteiger partial charge in [0.1, 0.15) is 18.1 Å². The summed E-state index contributed by atoms with van der Waals surface area (Å²) >= 11 is 5.99. The topological polar surface area (TPSA) is 35.5 Å². The number of fused-ring (bicyclic) bond motifs is 1. The highest BCUT2D eigenvalue weighted by Crippen LogP contribution is 2.35. The molecule has 1 heterocycles. The van der Waals surface area contributed by atoms with Crippen molar-refractivity contribution in [1.82, 2.24) is 0 Å². The molecule has 134 valence electrons. The van der Waals surface area contributed by atoms with Crippen LogP contribution in [0.3, 0.4) is 0 Å². The molecule has 3 aromatic rings. The molecule has 0 saturated heterocycles. The summed E-state index contributed by atoms with van der Waals surface area (Å²) in [6.07, 6.45) is 1.77. The molecule has 27 heavy (non-hydrogen) atoms. The van der Waals surface area contributed by atoms with Gasteiger partial charge in [-0.15, -0.1) is 0 Å². The Bertz CT molecular complexity index is 1050. The predicted molar refractivity (Wildman–Crippen MR) is 106 cm³/mol. The van der Waals surface area contributed by atoms with Crippen LogP contribution in [0.2, 0.25) is 5.02 Å². The Morgan fingerprint density at radius 1 is 1.04 bits per heavy atom. The van der Waals surface area contributed by atoms with E-state index in [1.807, 2.05) is 55.5 Å². The molecule has 0 spiro atoms. The quantitative estimate of drug-likeness (QED) is 0.536. The fourth-order valence-electron chi connectivity index (χ4n) is 2.96. The Kier molecular flexibility index (Phi) is 4.69. The summed E-state index contributed by atoms with van der Waals surface area (Å²) < 4.78 is 11.6. The predicted octanol–water partition coefficient (Wildman–Crippen LogP) is 5.84. The highest BCUT2D eigenvalue weighted by Gasteiger charge is 2.27. The third-order valence-electron chi connectivity index (χ3n) is 4.28. The van der Waals surface area contributed by atoms with Crippen LogP contribution in [0.15, 0.2) is 72.5 Å². The van der Waals surface area contributed by atoms with E-state index in [1.165, 1.54) is 0 Å². The van der Waals surface area contributed by atoms with Crippen molar-refractivity contribution in [2.24, 2.45) is 0 Å². The molecule has 0 fully saturated rings. The van der Waals surface area contributed by atoms with Gasteiger partial charge in [-0.25, -0.2) is 0 Å². The number of aryl methyl sites for hydroxylation is 1. The number of rotatable bonds is 4. The van der Waals surface area contributed by atoms with E-state index in [0.29, 0.717) is 34.5 Å². The second-order valence-corrected chi connectivity index (χ2v) is 6.87. The molecule has 0 bridgehead atoms. The third-order valence-corrected chi connectivity index (χ3v) is 4.51. The van der Waals surface area contributed by atoms with E-state index in [9.17, 15) is 4.79 Å². The van der Waals surface area contributed by atoms with Crippen LogP contribution in [0.5, 0.6) is 11.5 Å². The number of benzene rings is 3. The van der Waals surface area contributed by atoms with Gasteiger partial charge in [-0.3, -0.25) is 4.79 Å². The Balaban J connectivity index is 1.52. The number of ketones is 1. The monoisotopic (exact) mass is 376 g/mol. The first-order valence-corrected chi connectivity index (χ1v) is 8.98. The van der Waals surface area contributed by atoms with Crippen molar-refractivity contribution in [2.75, 3.05) is 0 Å². The molecule has 0 aliphatic carbocycles. The van der Waals surface area contributed by atoms with Crippen LogP contribution in [-0.4, -0.2) is 5.78 Å². The molecule has 3 aromatic carbocycles. The molecule has 4 rings (SSSR count). The maximum Gasteiger partial charge on any atom is 0.231 e. The second kappa shape index (κ2) is 7.29. The fraction of sp³-hybridized carbons (Fsp3) is 0.0870. The lowest BCUT2D eigenvalue weighted by Crippen LogP contribution is -1.98. The van der Waals surface area contributed by atoms with Crippen molar-refractivity contribution in [2.45, 2.75) is 13.5 Å². The zero-order valence-electron chi connectivity index (χ0n) is 14.7. The molecule has 0 amide bonds. The number of hydrogen-bond acceptors (Lipinski definition) is 3. The molecule has 4 heteroatoms. The van der Waals surface area contributed by atoms with Crippen molar-refractivity contribution < 1.29 is 14.3 Å². The molecular weight excluding hydrogens is 360 g/mol. The lowest BCUT2D eigenvalue weighted by atomic mass is 10.1. The molecule has 0 atom stereocenters. The Morgan fingerprint density at radius 3 is 2.70 bits per heavy atom. The van der Waals surface area contributed by atoms with E-state index < -0.39 is 0 Å². The van der Waals surface area contributed by atoms with Crippen LogP contribution in [0, 0.1) is 6.92 Å². The van der Waals surface area contributed by atoms with Gasteiger partial charge < -0.3 is 9.47 Å². The lowest BCUT2D eigenvalue weighted by Gasteiger charge is -2.07. The van der Waals surface area contributed by atoms with Crippen LogP contribution in [0.25, 0.3) is 6.08 Å². The van der Waals surface area contributed by atoms with E-state index >= 15 is 0 Å². The average Bonchev–Trinajstić information content (AvgIpc) is 2.95. The van der Waals surface area contributed by atoms with Crippen LogP contribution >= 0.6 is 11.6 Å². The van der Waals surface area contributed by atoms with Gasteiger partial charge in [-0.1, -0.05) is 53.6 Å². The molecule has 3 nitrogen and oxygen atoms in total. The Hall–Kier alpha value is -3.04. The minimum Gasteiger partial charge on any atom is -0.489 e. The highest BCUT2D eigenvalue weighted by atomic mass is 35.5. The number of carbonyl (C=O) groups is 1. The SMILES string of the molecule is Cc1cccc(C=C2Oc3cc(OCc4cccc(Cl)c4)ccc3C2=O)c1. The maximum absolute atomic E-state index is 12.6. The molecule has 0 unspecified atom stereocenters. The number of Topliss-reactive ketones (excluding diaryl/α,β-unsaturated/α-hetero) is 1. The lowest BCUT2D eigenvalue weighted by molar-refractivity contribution is 0.101. The van der Waals surface area contributed by atoms with Crippen molar-refractivity contribution in [3.8, 4) is 11.5 Å². The van der Waals surface area contributed by atoms with Crippen molar-refractivity contribution in [3.05, 3.63) is 99.8 Å². The van der Waals surface area contributed by atoms with Crippen LogP contribution in [-0.2, 0) is 6.61 Å². The first kappa shape index (κ1) is 17.4. The van der Waals surface area contributed by atoms with Crippen LogP contribution in [0.1, 0.15) is 27.0 Å². The number of carbonyl (C=O) groups excluding carboxylic acids is 1. The molecule has 0 radical (unpaired) electrons. The second-order valence-electron chi connectivity index (χ2n) is 6.43. The zero-order chi connectivity index (χ0) is 18.8. The highest BCUT2D eigenvalue weighted by molar-refractivity contribution is 6.30. The van der Waals surface area contributed by atoms with E-state index in [4.69, 9.17) is 21.1 Å². The first-order valence-electron chi connectivity index (χ1n) is 8.61. The minimum absolute atomic E-state index is 0.118. The molecular formula is C23H17ClO3. The zero-order valence-corrected chi connectivity index (χ0v) is 15.5.